The van der Waals surface area contributed by atoms with E-state index in [0.29, 0.717) is 4.90 Å². The predicted octanol–water partition coefficient (Wildman–Crippen LogP) is 0.749. The SMILES string of the molecule is CCN(C)CCNC(=NC)NCCc1ccc(S(C)(=O)=O)cc1. The molecular weight excluding hydrogens is 312 g/mol. The number of guanidine groups is 1. The van der Waals surface area contributed by atoms with E-state index in [0.717, 1.165) is 44.1 Å². The number of hydrogen-bond acceptors (Lipinski definition) is 4. The van der Waals surface area contributed by atoms with Crippen molar-refractivity contribution < 1.29 is 8.42 Å². The molecule has 0 spiro atoms. The Morgan fingerprint density at radius 2 is 1.78 bits per heavy atom. The molecule has 0 unspecified atom stereocenters. The largest absolute Gasteiger partial charge is 0.356 e. The summed E-state index contributed by atoms with van der Waals surface area (Å²) in [6, 6.07) is 7.01. The van der Waals surface area contributed by atoms with Crippen LogP contribution in [0.1, 0.15) is 12.5 Å². The molecule has 23 heavy (non-hydrogen) atoms. The summed E-state index contributed by atoms with van der Waals surface area (Å²) in [5.74, 6) is 0.780. The molecule has 1 rings (SSSR count). The summed E-state index contributed by atoms with van der Waals surface area (Å²) in [6.07, 6.45) is 2.02. The maximum absolute atomic E-state index is 11.4. The number of benzene rings is 1. The lowest BCUT2D eigenvalue weighted by atomic mass is 10.1. The van der Waals surface area contributed by atoms with E-state index in [2.05, 4.69) is 34.5 Å². The van der Waals surface area contributed by atoms with Gasteiger partial charge in [-0.3, -0.25) is 4.99 Å². The van der Waals surface area contributed by atoms with Crippen LogP contribution >= 0.6 is 0 Å². The first kappa shape index (κ1) is 19.4. The standard InChI is InChI=1S/C16H28N4O2S/c1-5-20(3)13-12-19-16(17-2)18-11-10-14-6-8-15(9-7-14)23(4,21)22/h6-9H,5,10-13H2,1-4H3,(H2,17,18,19). The fourth-order valence-corrected chi connectivity index (χ4v) is 2.60. The Labute approximate surface area is 139 Å². The van der Waals surface area contributed by atoms with Crippen molar-refractivity contribution in [3.05, 3.63) is 29.8 Å². The highest BCUT2D eigenvalue weighted by molar-refractivity contribution is 7.90. The number of likely N-dealkylation sites (N-methyl/N-ethyl adjacent to an activating group) is 1. The molecule has 7 heteroatoms. The molecule has 1 aromatic rings. The summed E-state index contributed by atoms with van der Waals surface area (Å²) in [5, 5.41) is 6.52. The van der Waals surface area contributed by atoms with Crippen molar-refractivity contribution >= 4 is 15.8 Å². The van der Waals surface area contributed by atoms with Gasteiger partial charge in [-0.25, -0.2) is 8.42 Å². The van der Waals surface area contributed by atoms with Gasteiger partial charge in [-0.15, -0.1) is 0 Å². The summed E-state index contributed by atoms with van der Waals surface area (Å²) >= 11 is 0. The molecule has 130 valence electrons. The van der Waals surface area contributed by atoms with Gasteiger partial charge in [-0.1, -0.05) is 19.1 Å². The Balaban J connectivity index is 2.37. The third-order valence-electron chi connectivity index (χ3n) is 3.61. The molecule has 0 aliphatic heterocycles. The van der Waals surface area contributed by atoms with Gasteiger partial charge in [-0.05, 0) is 37.7 Å². The summed E-state index contributed by atoms with van der Waals surface area (Å²) < 4.78 is 22.8. The summed E-state index contributed by atoms with van der Waals surface area (Å²) in [4.78, 5) is 6.76. The van der Waals surface area contributed by atoms with Crippen LogP contribution in [-0.2, 0) is 16.3 Å². The Morgan fingerprint density at radius 1 is 1.17 bits per heavy atom. The van der Waals surface area contributed by atoms with Gasteiger partial charge in [0, 0.05) is 32.9 Å². The van der Waals surface area contributed by atoms with E-state index in [1.54, 1.807) is 19.2 Å². The number of nitrogens with one attached hydrogen (secondary N) is 2. The maximum Gasteiger partial charge on any atom is 0.191 e. The van der Waals surface area contributed by atoms with Gasteiger partial charge in [0.1, 0.15) is 0 Å². The first-order valence-corrected chi connectivity index (χ1v) is 9.68. The van der Waals surface area contributed by atoms with E-state index in [-0.39, 0.29) is 0 Å². The maximum atomic E-state index is 11.4. The predicted molar refractivity (Wildman–Crippen MR) is 95.8 cm³/mol. The summed E-state index contributed by atoms with van der Waals surface area (Å²) in [7, 11) is 0.705. The first-order chi connectivity index (χ1) is 10.9. The highest BCUT2D eigenvalue weighted by Gasteiger charge is 2.06. The zero-order valence-electron chi connectivity index (χ0n) is 14.5. The highest BCUT2D eigenvalue weighted by atomic mass is 32.2. The van der Waals surface area contributed by atoms with Crippen LogP contribution in [0.15, 0.2) is 34.2 Å². The number of hydrogen-bond donors (Lipinski definition) is 2. The highest BCUT2D eigenvalue weighted by Crippen LogP contribution is 2.10. The molecule has 0 atom stereocenters. The normalized spacial score (nSPS) is 12.5. The molecule has 1 aromatic carbocycles. The van der Waals surface area contributed by atoms with E-state index < -0.39 is 9.84 Å². The van der Waals surface area contributed by atoms with Crippen LogP contribution < -0.4 is 10.6 Å². The molecule has 0 aliphatic rings. The van der Waals surface area contributed by atoms with Crippen molar-refractivity contribution in [3.8, 4) is 0 Å². The van der Waals surface area contributed by atoms with Gasteiger partial charge >= 0.3 is 0 Å². The van der Waals surface area contributed by atoms with Crippen LogP contribution in [0.3, 0.4) is 0 Å². The van der Waals surface area contributed by atoms with Gasteiger partial charge < -0.3 is 15.5 Å². The number of sulfone groups is 1. The summed E-state index contributed by atoms with van der Waals surface area (Å²) in [6.45, 7) is 5.69. The first-order valence-electron chi connectivity index (χ1n) is 7.79. The number of nitrogens with zero attached hydrogens (tertiary/aromatic N) is 2. The Morgan fingerprint density at radius 3 is 2.30 bits per heavy atom. The van der Waals surface area contributed by atoms with Crippen LogP contribution in [0.5, 0.6) is 0 Å². The fraction of sp³-hybridized carbons (Fsp3) is 0.562. The van der Waals surface area contributed by atoms with Crippen LogP contribution in [0, 0.1) is 0 Å². The van der Waals surface area contributed by atoms with Gasteiger partial charge in [0.05, 0.1) is 4.90 Å². The molecule has 6 nitrogen and oxygen atoms in total. The van der Waals surface area contributed by atoms with Crippen molar-refractivity contribution in [1.29, 1.82) is 0 Å². The van der Waals surface area contributed by atoms with Gasteiger partial charge in [-0.2, -0.15) is 0 Å². The second-order valence-corrected chi connectivity index (χ2v) is 7.50. The molecule has 0 amide bonds. The zero-order chi connectivity index (χ0) is 17.3. The Hall–Kier alpha value is -1.60. The third kappa shape index (κ3) is 7.47. The van der Waals surface area contributed by atoms with Crippen LogP contribution in [-0.4, -0.2) is 65.8 Å². The molecular formula is C16H28N4O2S. The van der Waals surface area contributed by atoms with E-state index >= 15 is 0 Å². The molecule has 0 heterocycles. The van der Waals surface area contributed by atoms with Crippen molar-refractivity contribution in [2.75, 3.05) is 46.5 Å². The molecule has 0 radical (unpaired) electrons. The second-order valence-electron chi connectivity index (χ2n) is 5.49. The lowest BCUT2D eigenvalue weighted by Crippen LogP contribution is -2.41. The minimum Gasteiger partial charge on any atom is -0.356 e. The average Bonchev–Trinajstić information content (AvgIpc) is 2.52. The van der Waals surface area contributed by atoms with Crippen LogP contribution in [0.25, 0.3) is 0 Å². The van der Waals surface area contributed by atoms with Crippen LogP contribution in [0.2, 0.25) is 0 Å². The lowest BCUT2D eigenvalue weighted by molar-refractivity contribution is 0.357. The van der Waals surface area contributed by atoms with E-state index in [1.807, 2.05) is 12.1 Å². The molecule has 0 aromatic heterocycles. The van der Waals surface area contributed by atoms with Crippen molar-refractivity contribution in [3.63, 3.8) is 0 Å². The zero-order valence-corrected chi connectivity index (χ0v) is 15.3. The minimum atomic E-state index is -3.13. The lowest BCUT2D eigenvalue weighted by Gasteiger charge is -2.16. The van der Waals surface area contributed by atoms with Crippen molar-refractivity contribution in [2.24, 2.45) is 4.99 Å². The van der Waals surface area contributed by atoms with E-state index in [1.165, 1.54) is 6.26 Å². The number of aliphatic imine (C=N–C) groups is 1. The molecule has 0 bridgehead atoms. The monoisotopic (exact) mass is 340 g/mol. The van der Waals surface area contributed by atoms with E-state index in [9.17, 15) is 8.42 Å². The van der Waals surface area contributed by atoms with Crippen molar-refractivity contribution in [1.82, 2.24) is 15.5 Å². The molecule has 0 fully saturated rings. The van der Waals surface area contributed by atoms with Gasteiger partial charge in [0.2, 0.25) is 0 Å². The van der Waals surface area contributed by atoms with Crippen molar-refractivity contribution in [2.45, 2.75) is 18.2 Å². The third-order valence-corrected chi connectivity index (χ3v) is 4.74. The quantitative estimate of drug-likeness (QED) is 0.540. The molecule has 0 saturated heterocycles. The number of rotatable bonds is 8. The van der Waals surface area contributed by atoms with E-state index in [4.69, 9.17) is 0 Å². The average molecular weight is 340 g/mol. The molecule has 2 N–H and O–H groups in total. The van der Waals surface area contributed by atoms with Crippen LogP contribution in [0.4, 0.5) is 0 Å². The smallest absolute Gasteiger partial charge is 0.191 e. The molecule has 0 aliphatic carbocycles. The fourth-order valence-electron chi connectivity index (χ4n) is 1.97. The van der Waals surface area contributed by atoms with Gasteiger partial charge in [0.15, 0.2) is 15.8 Å². The topological polar surface area (TPSA) is 73.8 Å². The summed E-state index contributed by atoms with van der Waals surface area (Å²) in [5.41, 5.74) is 1.09. The Bertz CT molecular complexity index is 597. The molecule has 0 saturated carbocycles. The Kier molecular flexibility index (Phi) is 8.05. The minimum absolute atomic E-state index is 0.353. The van der Waals surface area contributed by atoms with Gasteiger partial charge in [0.25, 0.3) is 0 Å². The second kappa shape index (κ2) is 9.52.